The lowest BCUT2D eigenvalue weighted by Crippen LogP contribution is -2.31. The molecule has 32 heavy (non-hydrogen) atoms. The van der Waals surface area contributed by atoms with Gasteiger partial charge in [0.15, 0.2) is 11.6 Å². The van der Waals surface area contributed by atoms with E-state index in [2.05, 4.69) is 75.5 Å². The second-order valence-electron chi connectivity index (χ2n) is 8.73. The van der Waals surface area contributed by atoms with Crippen molar-refractivity contribution in [2.75, 3.05) is 13.1 Å². The maximum absolute atomic E-state index is 9.79. The van der Waals surface area contributed by atoms with Crippen LogP contribution in [0.5, 0.6) is 0 Å². The summed E-state index contributed by atoms with van der Waals surface area (Å²) in [4.78, 5) is 22.2. The molecule has 0 spiro atoms. The van der Waals surface area contributed by atoms with Crippen molar-refractivity contribution in [3.8, 4) is 5.69 Å². The standard InChI is InChI=1S/C23H25N3.C4H6O2/c1-2-8-21(9-3-1)26-23-11-10-19(22(23)16-24-26)13-15-25-14-12-18-6-4-5-7-20(18)17-25;1-3(5)4(2)6/h1-9,16,19H,10-15,17H2;1-2H3. The Labute approximate surface area is 190 Å². The summed E-state index contributed by atoms with van der Waals surface area (Å²) in [5.41, 5.74) is 7.14. The van der Waals surface area contributed by atoms with Gasteiger partial charge in [0.05, 0.1) is 11.9 Å². The van der Waals surface area contributed by atoms with E-state index in [0.29, 0.717) is 5.92 Å². The summed E-state index contributed by atoms with van der Waals surface area (Å²) >= 11 is 0. The summed E-state index contributed by atoms with van der Waals surface area (Å²) in [5.74, 6) is -0.0929. The fourth-order valence-corrected chi connectivity index (χ4v) is 4.62. The first-order chi connectivity index (χ1) is 15.5. The molecule has 1 aromatic heterocycles. The molecule has 2 aliphatic rings. The molecule has 0 N–H and O–H groups in total. The zero-order valence-electron chi connectivity index (χ0n) is 19.0. The number of para-hydroxylation sites is 1. The van der Waals surface area contributed by atoms with E-state index in [9.17, 15) is 9.59 Å². The Hall–Kier alpha value is -3.05. The molecule has 3 aromatic rings. The van der Waals surface area contributed by atoms with E-state index in [1.165, 1.54) is 74.3 Å². The van der Waals surface area contributed by atoms with Crippen LogP contribution in [0, 0.1) is 0 Å². The number of aromatic nitrogens is 2. The molecule has 0 saturated carbocycles. The third kappa shape index (κ3) is 5.05. The summed E-state index contributed by atoms with van der Waals surface area (Å²) in [6.45, 7) is 6.00. The van der Waals surface area contributed by atoms with Crippen LogP contribution in [-0.4, -0.2) is 39.3 Å². The molecule has 1 atom stereocenters. The highest BCUT2D eigenvalue weighted by molar-refractivity contribution is 6.35. The molecule has 0 radical (unpaired) electrons. The number of hydrogen-bond donors (Lipinski definition) is 0. The Morgan fingerprint density at radius 3 is 2.34 bits per heavy atom. The number of fused-ring (bicyclic) bond motifs is 2. The highest BCUT2D eigenvalue weighted by Crippen LogP contribution is 2.36. The molecule has 2 aromatic carbocycles. The van der Waals surface area contributed by atoms with Gasteiger partial charge in [-0.25, -0.2) is 4.68 Å². The molecular formula is C27H31N3O2. The van der Waals surface area contributed by atoms with Crippen LogP contribution in [0.1, 0.15) is 55.0 Å². The van der Waals surface area contributed by atoms with Crippen molar-refractivity contribution in [2.24, 2.45) is 0 Å². The number of nitrogens with zero attached hydrogens (tertiary/aromatic N) is 3. The second kappa shape index (κ2) is 10.0. The summed E-state index contributed by atoms with van der Waals surface area (Å²) in [5, 5.41) is 4.69. The quantitative estimate of drug-likeness (QED) is 0.560. The first-order valence-corrected chi connectivity index (χ1v) is 11.5. The van der Waals surface area contributed by atoms with Gasteiger partial charge in [-0.05, 0) is 67.0 Å². The van der Waals surface area contributed by atoms with Crippen molar-refractivity contribution < 1.29 is 9.59 Å². The molecule has 0 saturated heterocycles. The average molecular weight is 430 g/mol. The monoisotopic (exact) mass is 429 g/mol. The number of carbonyl (C=O) groups excluding carboxylic acids is 2. The fourth-order valence-electron chi connectivity index (χ4n) is 4.62. The Kier molecular flexibility index (Phi) is 6.96. The van der Waals surface area contributed by atoms with Gasteiger partial charge in [-0.3, -0.25) is 14.5 Å². The van der Waals surface area contributed by atoms with Crippen LogP contribution in [0.2, 0.25) is 0 Å². The zero-order chi connectivity index (χ0) is 22.5. The van der Waals surface area contributed by atoms with Crippen molar-refractivity contribution in [2.45, 2.75) is 52.0 Å². The number of Topliss-reactive ketones (excluding diaryl/α,β-unsaturated/α-hetero) is 2. The van der Waals surface area contributed by atoms with Crippen LogP contribution in [0.3, 0.4) is 0 Å². The Morgan fingerprint density at radius 1 is 0.938 bits per heavy atom. The van der Waals surface area contributed by atoms with E-state index in [-0.39, 0.29) is 11.6 Å². The van der Waals surface area contributed by atoms with Gasteiger partial charge in [0, 0.05) is 32.6 Å². The van der Waals surface area contributed by atoms with E-state index < -0.39 is 0 Å². The van der Waals surface area contributed by atoms with E-state index in [1.807, 2.05) is 0 Å². The third-order valence-electron chi connectivity index (χ3n) is 6.57. The number of benzene rings is 2. The van der Waals surface area contributed by atoms with Gasteiger partial charge in [0.25, 0.3) is 0 Å². The van der Waals surface area contributed by atoms with Gasteiger partial charge >= 0.3 is 0 Å². The van der Waals surface area contributed by atoms with Crippen LogP contribution >= 0.6 is 0 Å². The van der Waals surface area contributed by atoms with E-state index >= 15 is 0 Å². The number of ketones is 2. The van der Waals surface area contributed by atoms with Crippen LogP contribution < -0.4 is 0 Å². The molecule has 166 valence electrons. The van der Waals surface area contributed by atoms with Crippen molar-refractivity contribution in [3.63, 3.8) is 0 Å². The van der Waals surface area contributed by atoms with Crippen molar-refractivity contribution in [3.05, 3.63) is 83.2 Å². The SMILES string of the molecule is CC(=O)C(C)=O.c1ccc(-n2ncc3c2CCC3CCN2CCc3ccccc3C2)cc1. The van der Waals surface area contributed by atoms with Gasteiger partial charge in [0.1, 0.15) is 0 Å². The van der Waals surface area contributed by atoms with Crippen molar-refractivity contribution in [1.82, 2.24) is 14.7 Å². The average Bonchev–Trinajstić information content (AvgIpc) is 3.41. The maximum Gasteiger partial charge on any atom is 0.195 e. The maximum atomic E-state index is 9.79. The van der Waals surface area contributed by atoms with Gasteiger partial charge < -0.3 is 0 Å². The molecule has 1 unspecified atom stereocenters. The topological polar surface area (TPSA) is 55.2 Å². The second-order valence-corrected chi connectivity index (χ2v) is 8.73. The Bertz CT molecular complexity index is 1080. The molecule has 1 aliphatic heterocycles. The summed E-state index contributed by atoms with van der Waals surface area (Å²) < 4.78 is 2.15. The smallest absolute Gasteiger partial charge is 0.195 e. The van der Waals surface area contributed by atoms with Crippen molar-refractivity contribution in [1.29, 1.82) is 0 Å². The lowest BCUT2D eigenvalue weighted by Gasteiger charge is -2.29. The molecular weight excluding hydrogens is 398 g/mol. The molecule has 0 fully saturated rings. The lowest BCUT2D eigenvalue weighted by molar-refractivity contribution is -0.134. The van der Waals surface area contributed by atoms with Gasteiger partial charge in [0.2, 0.25) is 0 Å². The molecule has 5 rings (SSSR count). The van der Waals surface area contributed by atoms with Gasteiger partial charge in [-0.1, -0.05) is 42.5 Å². The first kappa shape index (κ1) is 22.2. The molecule has 0 bridgehead atoms. The van der Waals surface area contributed by atoms with E-state index in [4.69, 9.17) is 0 Å². The van der Waals surface area contributed by atoms with Crippen molar-refractivity contribution >= 4 is 11.6 Å². The van der Waals surface area contributed by atoms with Crippen LogP contribution in [-0.2, 0) is 29.0 Å². The van der Waals surface area contributed by atoms with Gasteiger partial charge in [-0.15, -0.1) is 0 Å². The Morgan fingerprint density at radius 2 is 1.62 bits per heavy atom. The number of carbonyl (C=O) groups is 2. The normalized spacial score (nSPS) is 17.1. The summed E-state index contributed by atoms with van der Waals surface area (Å²) in [7, 11) is 0. The third-order valence-corrected chi connectivity index (χ3v) is 6.57. The molecule has 5 heteroatoms. The minimum absolute atomic E-state index is 0.380. The van der Waals surface area contributed by atoms with E-state index in [1.54, 1.807) is 0 Å². The zero-order valence-corrected chi connectivity index (χ0v) is 19.0. The van der Waals surface area contributed by atoms with E-state index in [0.717, 1.165) is 13.0 Å². The minimum Gasteiger partial charge on any atom is -0.299 e. The lowest BCUT2D eigenvalue weighted by atomic mass is 9.97. The Balaban J connectivity index is 0.000000363. The minimum atomic E-state index is -0.380. The highest BCUT2D eigenvalue weighted by Gasteiger charge is 2.28. The number of rotatable bonds is 5. The predicted octanol–water partition coefficient (Wildman–Crippen LogP) is 4.51. The highest BCUT2D eigenvalue weighted by atomic mass is 16.2. The van der Waals surface area contributed by atoms with Crippen LogP contribution in [0.4, 0.5) is 0 Å². The summed E-state index contributed by atoms with van der Waals surface area (Å²) in [6.07, 6.45) is 6.97. The van der Waals surface area contributed by atoms with Crippen LogP contribution in [0.25, 0.3) is 5.69 Å². The van der Waals surface area contributed by atoms with Crippen LogP contribution in [0.15, 0.2) is 60.8 Å². The van der Waals surface area contributed by atoms with Gasteiger partial charge in [-0.2, -0.15) is 5.10 Å². The first-order valence-electron chi connectivity index (χ1n) is 11.5. The molecule has 0 amide bonds. The number of hydrogen-bond acceptors (Lipinski definition) is 4. The fraction of sp³-hybridized carbons (Fsp3) is 0.370. The largest absolute Gasteiger partial charge is 0.299 e. The molecule has 1 aliphatic carbocycles. The molecule has 2 heterocycles. The molecule has 5 nitrogen and oxygen atoms in total. The predicted molar refractivity (Wildman–Crippen MR) is 126 cm³/mol. The summed E-state index contributed by atoms with van der Waals surface area (Å²) in [6, 6.07) is 19.4.